The maximum Gasteiger partial charge on any atom is 0.123 e. The SMILES string of the molecule is OC1CCC23OC2C=CC=C13. The molecule has 2 heteroatoms. The molecule has 0 aromatic rings. The number of aliphatic hydroxyl groups excluding tert-OH is 1. The van der Waals surface area contributed by atoms with Crippen molar-refractivity contribution in [3.8, 4) is 0 Å². The van der Waals surface area contributed by atoms with E-state index < -0.39 is 0 Å². The van der Waals surface area contributed by atoms with Gasteiger partial charge in [0.05, 0.1) is 6.10 Å². The monoisotopic (exact) mass is 150 g/mol. The van der Waals surface area contributed by atoms with Crippen LogP contribution in [0.4, 0.5) is 0 Å². The van der Waals surface area contributed by atoms with Crippen LogP contribution in [0.1, 0.15) is 12.8 Å². The lowest BCUT2D eigenvalue weighted by Crippen LogP contribution is -2.17. The van der Waals surface area contributed by atoms with E-state index in [0.717, 1.165) is 18.4 Å². The Labute approximate surface area is 65.2 Å². The molecule has 1 saturated carbocycles. The molecule has 1 heterocycles. The highest BCUT2D eigenvalue weighted by atomic mass is 16.6. The summed E-state index contributed by atoms with van der Waals surface area (Å²) in [6.45, 7) is 0. The van der Waals surface area contributed by atoms with E-state index >= 15 is 0 Å². The van der Waals surface area contributed by atoms with Gasteiger partial charge in [-0.05, 0) is 18.4 Å². The minimum absolute atomic E-state index is 0.0475. The van der Waals surface area contributed by atoms with Crippen LogP contribution in [0.15, 0.2) is 23.8 Å². The van der Waals surface area contributed by atoms with Crippen molar-refractivity contribution in [2.45, 2.75) is 30.7 Å². The van der Waals surface area contributed by atoms with Crippen LogP contribution < -0.4 is 0 Å². The van der Waals surface area contributed by atoms with E-state index in [1.54, 1.807) is 0 Å². The van der Waals surface area contributed by atoms with Crippen molar-refractivity contribution in [3.63, 3.8) is 0 Å². The van der Waals surface area contributed by atoms with E-state index in [1.165, 1.54) is 0 Å². The summed E-state index contributed by atoms with van der Waals surface area (Å²) in [5.74, 6) is 0. The van der Waals surface area contributed by atoms with Gasteiger partial charge >= 0.3 is 0 Å². The Kier molecular flexibility index (Phi) is 0.866. The van der Waals surface area contributed by atoms with Gasteiger partial charge in [-0.1, -0.05) is 18.2 Å². The second kappa shape index (κ2) is 1.59. The van der Waals surface area contributed by atoms with Gasteiger partial charge in [0.25, 0.3) is 0 Å². The quantitative estimate of drug-likeness (QED) is 0.517. The van der Waals surface area contributed by atoms with E-state index in [1.807, 2.05) is 12.2 Å². The van der Waals surface area contributed by atoms with Gasteiger partial charge in [0.15, 0.2) is 0 Å². The molecule has 11 heavy (non-hydrogen) atoms. The largest absolute Gasteiger partial charge is 0.389 e. The van der Waals surface area contributed by atoms with Crippen molar-refractivity contribution >= 4 is 0 Å². The summed E-state index contributed by atoms with van der Waals surface area (Å²) in [6.07, 6.45) is 7.95. The Bertz CT molecular complexity index is 267. The summed E-state index contributed by atoms with van der Waals surface area (Å²) < 4.78 is 5.54. The first-order valence-electron chi connectivity index (χ1n) is 4.08. The Morgan fingerprint density at radius 2 is 2.55 bits per heavy atom. The van der Waals surface area contributed by atoms with Gasteiger partial charge in [-0.2, -0.15) is 0 Å². The zero-order valence-corrected chi connectivity index (χ0v) is 6.16. The molecule has 0 bridgehead atoms. The van der Waals surface area contributed by atoms with Crippen molar-refractivity contribution in [1.82, 2.24) is 0 Å². The van der Waals surface area contributed by atoms with Gasteiger partial charge < -0.3 is 9.84 Å². The lowest BCUT2D eigenvalue weighted by atomic mass is 9.94. The lowest BCUT2D eigenvalue weighted by molar-refractivity contribution is 0.216. The van der Waals surface area contributed by atoms with Gasteiger partial charge in [-0.25, -0.2) is 0 Å². The molecular formula is C9H10O2. The predicted octanol–water partition coefficient (Wildman–Crippen LogP) is 0.775. The zero-order chi connectivity index (χ0) is 7.47. The third kappa shape index (κ3) is 0.557. The molecule has 2 fully saturated rings. The molecule has 1 N–H and O–H groups in total. The highest BCUT2D eigenvalue weighted by Gasteiger charge is 2.62. The average molecular weight is 150 g/mol. The van der Waals surface area contributed by atoms with Gasteiger partial charge in [0.2, 0.25) is 0 Å². The van der Waals surface area contributed by atoms with Crippen molar-refractivity contribution in [2.75, 3.05) is 0 Å². The minimum Gasteiger partial charge on any atom is -0.389 e. The highest BCUT2D eigenvalue weighted by molar-refractivity contribution is 5.44. The standard InChI is InChI=1S/C9H10O2/c10-7-4-5-9-6(7)2-1-3-8(9)11-9/h1-3,7-8,10H,4-5H2. The summed E-state index contributed by atoms with van der Waals surface area (Å²) in [7, 11) is 0. The third-order valence-electron chi connectivity index (χ3n) is 2.94. The maximum absolute atomic E-state index is 9.53. The average Bonchev–Trinajstić information content (AvgIpc) is 2.66. The number of epoxide rings is 1. The molecule has 1 saturated heterocycles. The van der Waals surface area contributed by atoms with Crippen molar-refractivity contribution in [3.05, 3.63) is 23.8 Å². The molecule has 0 radical (unpaired) electrons. The fraction of sp³-hybridized carbons (Fsp3) is 0.556. The summed E-state index contributed by atoms with van der Waals surface area (Å²) in [5.41, 5.74) is 1.05. The van der Waals surface area contributed by atoms with Crippen molar-refractivity contribution in [2.24, 2.45) is 0 Å². The molecule has 1 spiro atoms. The molecule has 0 aromatic heterocycles. The summed E-state index contributed by atoms with van der Waals surface area (Å²) >= 11 is 0. The number of hydrogen-bond acceptors (Lipinski definition) is 2. The van der Waals surface area contributed by atoms with Gasteiger partial charge in [0, 0.05) is 0 Å². The first-order chi connectivity index (χ1) is 5.33. The van der Waals surface area contributed by atoms with Gasteiger partial charge in [-0.3, -0.25) is 0 Å². The molecule has 0 amide bonds. The van der Waals surface area contributed by atoms with Crippen LogP contribution in [0.5, 0.6) is 0 Å². The van der Waals surface area contributed by atoms with E-state index in [4.69, 9.17) is 4.74 Å². The van der Waals surface area contributed by atoms with Gasteiger partial charge in [0.1, 0.15) is 11.7 Å². The molecule has 3 unspecified atom stereocenters. The fourth-order valence-corrected chi connectivity index (χ4v) is 2.27. The lowest BCUT2D eigenvalue weighted by Gasteiger charge is -2.09. The Morgan fingerprint density at radius 3 is 3.36 bits per heavy atom. The molecule has 2 nitrogen and oxygen atoms in total. The van der Waals surface area contributed by atoms with E-state index in [9.17, 15) is 5.11 Å². The van der Waals surface area contributed by atoms with Crippen LogP contribution in [-0.2, 0) is 4.74 Å². The minimum atomic E-state index is -0.245. The molecule has 3 atom stereocenters. The van der Waals surface area contributed by atoms with Gasteiger partial charge in [-0.15, -0.1) is 0 Å². The Hall–Kier alpha value is -0.600. The normalized spacial score (nSPS) is 51.5. The number of hydrogen-bond donors (Lipinski definition) is 1. The Morgan fingerprint density at radius 1 is 1.64 bits per heavy atom. The topological polar surface area (TPSA) is 32.8 Å². The fourth-order valence-electron chi connectivity index (χ4n) is 2.27. The van der Waals surface area contributed by atoms with Crippen LogP contribution >= 0.6 is 0 Å². The smallest absolute Gasteiger partial charge is 0.123 e. The molecule has 0 aromatic carbocycles. The number of allylic oxidation sites excluding steroid dienone is 2. The molecule has 3 aliphatic rings. The zero-order valence-electron chi connectivity index (χ0n) is 6.16. The molecule has 2 aliphatic carbocycles. The van der Waals surface area contributed by atoms with Crippen molar-refractivity contribution in [1.29, 1.82) is 0 Å². The van der Waals surface area contributed by atoms with E-state index in [2.05, 4.69) is 6.08 Å². The van der Waals surface area contributed by atoms with Crippen LogP contribution in [0, 0.1) is 0 Å². The van der Waals surface area contributed by atoms with E-state index in [0.29, 0.717) is 0 Å². The number of aliphatic hydroxyl groups is 1. The van der Waals surface area contributed by atoms with Crippen molar-refractivity contribution < 1.29 is 9.84 Å². The van der Waals surface area contributed by atoms with E-state index in [-0.39, 0.29) is 17.8 Å². The third-order valence-corrected chi connectivity index (χ3v) is 2.94. The summed E-state index contributed by atoms with van der Waals surface area (Å²) in [4.78, 5) is 0. The molecule has 1 aliphatic heterocycles. The highest BCUT2D eigenvalue weighted by Crippen LogP contribution is 2.55. The maximum atomic E-state index is 9.53. The predicted molar refractivity (Wildman–Crippen MR) is 40.1 cm³/mol. The first-order valence-corrected chi connectivity index (χ1v) is 4.08. The number of rotatable bonds is 0. The van der Waals surface area contributed by atoms with Crippen LogP contribution in [0.25, 0.3) is 0 Å². The Balaban J connectivity index is 2.09. The van der Waals surface area contributed by atoms with Crippen LogP contribution in [-0.4, -0.2) is 22.9 Å². The summed E-state index contributed by atoms with van der Waals surface area (Å²) in [6, 6.07) is 0. The van der Waals surface area contributed by atoms with Crippen LogP contribution in [0.3, 0.4) is 0 Å². The molecule has 3 rings (SSSR count). The second-order valence-electron chi connectivity index (χ2n) is 3.49. The second-order valence-corrected chi connectivity index (χ2v) is 3.49. The first kappa shape index (κ1) is 5.98. The molecule has 58 valence electrons. The number of ether oxygens (including phenoxy) is 1. The summed E-state index contributed by atoms with van der Waals surface area (Å²) in [5, 5.41) is 9.53. The molecular weight excluding hydrogens is 140 g/mol. The van der Waals surface area contributed by atoms with Crippen LogP contribution in [0.2, 0.25) is 0 Å².